The van der Waals surface area contributed by atoms with Crippen LogP contribution >= 0.6 is 0 Å². The minimum Gasteiger partial charge on any atom is -0.381 e. The van der Waals surface area contributed by atoms with Crippen LogP contribution in [-0.4, -0.2) is 25.3 Å². The maximum Gasteiger partial charge on any atom is 0.0480 e. The Morgan fingerprint density at radius 2 is 1.93 bits per heavy atom. The van der Waals surface area contributed by atoms with Crippen LogP contribution in [0.4, 0.5) is 0 Å². The number of nitrogens with one attached hydrogen (secondary N) is 1. The molecule has 1 rings (SSSR count). The predicted molar refractivity (Wildman–Crippen MR) is 65.1 cm³/mol. The fraction of sp³-hybridized carbons (Fsp3) is 1.00. The van der Waals surface area contributed by atoms with E-state index in [1.54, 1.807) is 0 Å². The van der Waals surface area contributed by atoms with Gasteiger partial charge in [0.25, 0.3) is 0 Å². The summed E-state index contributed by atoms with van der Waals surface area (Å²) in [5.41, 5.74) is 0. The predicted octanol–water partition coefficient (Wildman–Crippen LogP) is 2.97. The zero-order valence-corrected chi connectivity index (χ0v) is 10.6. The zero-order valence-electron chi connectivity index (χ0n) is 10.6. The van der Waals surface area contributed by atoms with E-state index in [2.05, 4.69) is 26.1 Å². The van der Waals surface area contributed by atoms with Crippen LogP contribution in [0.1, 0.15) is 52.9 Å². The molecule has 1 fully saturated rings. The Bertz CT molecular complexity index is 151. The van der Waals surface area contributed by atoms with Gasteiger partial charge in [0.1, 0.15) is 0 Å². The summed E-state index contributed by atoms with van der Waals surface area (Å²) in [5.74, 6) is 0.826. The Morgan fingerprint density at radius 3 is 2.67 bits per heavy atom. The van der Waals surface area contributed by atoms with E-state index >= 15 is 0 Å². The van der Waals surface area contributed by atoms with Gasteiger partial charge in [-0.1, -0.05) is 13.8 Å². The molecule has 0 spiro atoms. The smallest absolute Gasteiger partial charge is 0.0480 e. The van der Waals surface area contributed by atoms with Crippen molar-refractivity contribution >= 4 is 0 Å². The van der Waals surface area contributed by atoms with Gasteiger partial charge in [-0.3, -0.25) is 0 Å². The molecule has 2 nitrogen and oxygen atoms in total. The van der Waals surface area contributed by atoms with Crippen LogP contribution < -0.4 is 5.32 Å². The molecule has 0 aromatic carbocycles. The quantitative estimate of drug-likeness (QED) is 0.758. The molecule has 1 N–H and O–H groups in total. The first-order valence-electron chi connectivity index (χ1n) is 6.52. The van der Waals surface area contributed by atoms with Crippen LogP contribution in [0, 0.1) is 5.92 Å². The molecule has 1 saturated heterocycles. The van der Waals surface area contributed by atoms with E-state index in [9.17, 15) is 0 Å². The van der Waals surface area contributed by atoms with E-state index in [0.29, 0.717) is 12.1 Å². The highest BCUT2D eigenvalue weighted by Crippen LogP contribution is 2.12. The maximum atomic E-state index is 5.46. The summed E-state index contributed by atoms with van der Waals surface area (Å²) >= 11 is 0. The van der Waals surface area contributed by atoms with Crippen LogP contribution in [0.3, 0.4) is 0 Å². The normalized spacial score (nSPS) is 25.2. The summed E-state index contributed by atoms with van der Waals surface area (Å²) < 4.78 is 5.46. The van der Waals surface area contributed by atoms with Crippen molar-refractivity contribution in [3.8, 4) is 0 Å². The first-order valence-corrected chi connectivity index (χ1v) is 6.52. The van der Waals surface area contributed by atoms with Crippen molar-refractivity contribution in [2.45, 2.75) is 65.0 Å². The van der Waals surface area contributed by atoms with E-state index in [-0.39, 0.29) is 0 Å². The van der Waals surface area contributed by atoms with Crippen molar-refractivity contribution in [1.82, 2.24) is 5.32 Å². The highest BCUT2D eigenvalue weighted by atomic mass is 16.5. The standard InChI is InChI=1S/C13H27NO/c1-11(2)6-7-12(3)14-13-5-4-9-15-10-8-13/h11-14H,4-10H2,1-3H3. The maximum absolute atomic E-state index is 5.46. The van der Waals surface area contributed by atoms with E-state index < -0.39 is 0 Å². The highest BCUT2D eigenvalue weighted by molar-refractivity contribution is 4.73. The molecule has 1 aliphatic heterocycles. The number of rotatable bonds is 5. The average molecular weight is 213 g/mol. The Hall–Kier alpha value is -0.0800. The van der Waals surface area contributed by atoms with Gasteiger partial charge in [-0.25, -0.2) is 0 Å². The summed E-state index contributed by atoms with van der Waals surface area (Å²) in [4.78, 5) is 0. The Morgan fingerprint density at radius 1 is 1.13 bits per heavy atom. The largest absolute Gasteiger partial charge is 0.381 e. The minimum absolute atomic E-state index is 0.662. The fourth-order valence-corrected chi connectivity index (χ4v) is 2.14. The van der Waals surface area contributed by atoms with E-state index in [4.69, 9.17) is 4.74 Å². The fourth-order valence-electron chi connectivity index (χ4n) is 2.14. The molecule has 0 radical (unpaired) electrons. The molecular weight excluding hydrogens is 186 g/mol. The summed E-state index contributed by atoms with van der Waals surface area (Å²) in [7, 11) is 0. The summed E-state index contributed by atoms with van der Waals surface area (Å²) in [6.45, 7) is 8.81. The second-order valence-corrected chi connectivity index (χ2v) is 5.28. The van der Waals surface area contributed by atoms with Gasteiger partial charge in [0, 0.05) is 25.3 Å². The van der Waals surface area contributed by atoms with Crippen molar-refractivity contribution in [3.05, 3.63) is 0 Å². The lowest BCUT2D eigenvalue weighted by atomic mass is 10.0. The van der Waals surface area contributed by atoms with Gasteiger partial charge in [-0.05, 0) is 44.9 Å². The zero-order chi connectivity index (χ0) is 11.1. The topological polar surface area (TPSA) is 21.3 Å². The molecule has 0 amide bonds. The third-order valence-electron chi connectivity index (χ3n) is 3.15. The van der Waals surface area contributed by atoms with Crippen molar-refractivity contribution in [2.75, 3.05) is 13.2 Å². The summed E-state index contributed by atoms with van der Waals surface area (Å²) in [6.07, 6.45) is 6.32. The molecule has 2 heteroatoms. The molecule has 0 saturated carbocycles. The minimum atomic E-state index is 0.662. The summed E-state index contributed by atoms with van der Waals surface area (Å²) in [6, 6.07) is 1.35. The average Bonchev–Trinajstić information content (AvgIpc) is 2.43. The number of ether oxygens (including phenoxy) is 1. The van der Waals surface area contributed by atoms with E-state index in [1.807, 2.05) is 0 Å². The van der Waals surface area contributed by atoms with Gasteiger partial charge in [0.15, 0.2) is 0 Å². The van der Waals surface area contributed by atoms with Crippen LogP contribution in [0.15, 0.2) is 0 Å². The molecule has 1 heterocycles. The second-order valence-electron chi connectivity index (χ2n) is 5.28. The molecule has 0 aromatic heterocycles. The van der Waals surface area contributed by atoms with Crippen LogP contribution in [0.2, 0.25) is 0 Å². The molecule has 0 bridgehead atoms. The van der Waals surface area contributed by atoms with Gasteiger partial charge in [-0.15, -0.1) is 0 Å². The molecule has 0 aliphatic carbocycles. The molecule has 15 heavy (non-hydrogen) atoms. The number of hydrogen-bond acceptors (Lipinski definition) is 2. The van der Waals surface area contributed by atoms with Gasteiger partial charge < -0.3 is 10.1 Å². The van der Waals surface area contributed by atoms with Gasteiger partial charge in [0.05, 0.1) is 0 Å². The van der Waals surface area contributed by atoms with Crippen molar-refractivity contribution < 1.29 is 4.74 Å². The molecule has 2 atom stereocenters. The van der Waals surface area contributed by atoms with E-state index in [1.165, 1.54) is 32.1 Å². The Labute approximate surface area is 94.8 Å². The van der Waals surface area contributed by atoms with Gasteiger partial charge in [-0.2, -0.15) is 0 Å². The first-order chi connectivity index (χ1) is 7.18. The molecule has 2 unspecified atom stereocenters. The highest BCUT2D eigenvalue weighted by Gasteiger charge is 2.14. The number of hydrogen-bond donors (Lipinski definition) is 1. The molecular formula is C13H27NO. The molecule has 90 valence electrons. The second kappa shape index (κ2) is 7.24. The van der Waals surface area contributed by atoms with Crippen molar-refractivity contribution in [1.29, 1.82) is 0 Å². The van der Waals surface area contributed by atoms with Gasteiger partial charge >= 0.3 is 0 Å². The SMILES string of the molecule is CC(C)CCC(C)NC1CCCOCC1. The Kier molecular flexibility index (Phi) is 6.26. The third kappa shape index (κ3) is 6.16. The lowest BCUT2D eigenvalue weighted by Crippen LogP contribution is -2.36. The van der Waals surface area contributed by atoms with Crippen LogP contribution in [0.5, 0.6) is 0 Å². The monoisotopic (exact) mass is 213 g/mol. The van der Waals surface area contributed by atoms with Crippen molar-refractivity contribution in [2.24, 2.45) is 5.92 Å². The lowest BCUT2D eigenvalue weighted by molar-refractivity contribution is 0.142. The Balaban J connectivity index is 2.14. The lowest BCUT2D eigenvalue weighted by Gasteiger charge is -2.22. The van der Waals surface area contributed by atoms with E-state index in [0.717, 1.165) is 19.1 Å². The first kappa shape index (κ1) is 13.0. The molecule has 0 aromatic rings. The van der Waals surface area contributed by atoms with Crippen molar-refractivity contribution in [3.63, 3.8) is 0 Å². The van der Waals surface area contributed by atoms with Crippen LogP contribution in [0.25, 0.3) is 0 Å². The third-order valence-corrected chi connectivity index (χ3v) is 3.15. The van der Waals surface area contributed by atoms with Gasteiger partial charge in [0.2, 0.25) is 0 Å². The van der Waals surface area contributed by atoms with Crippen LogP contribution in [-0.2, 0) is 4.74 Å². The summed E-state index contributed by atoms with van der Waals surface area (Å²) in [5, 5.41) is 3.73. The molecule has 1 aliphatic rings.